The number of sulfonamides is 1. The Bertz CT molecular complexity index is 1270. The summed E-state index contributed by atoms with van der Waals surface area (Å²) in [7, 11) is -3.77. The lowest BCUT2D eigenvalue weighted by Crippen LogP contribution is -2.39. The van der Waals surface area contributed by atoms with Gasteiger partial charge in [0.15, 0.2) is 0 Å². The van der Waals surface area contributed by atoms with Gasteiger partial charge in [0.1, 0.15) is 17.9 Å². The van der Waals surface area contributed by atoms with Gasteiger partial charge in [0.05, 0.1) is 4.90 Å². The predicted molar refractivity (Wildman–Crippen MR) is 124 cm³/mol. The van der Waals surface area contributed by atoms with Crippen LogP contribution in [0.3, 0.4) is 0 Å². The number of nitrogens with one attached hydrogen (secondary N) is 1. The Labute approximate surface area is 202 Å². The number of rotatable bonds is 7. The molecule has 2 unspecified atom stereocenters. The summed E-state index contributed by atoms with van der Waals surface area (Å²) >= 11 is 0. The van der Waals surface area contributed by atoms with Gasteiger partial charge in [-0.1, -0.05) is 25.1 Å². The van der Waals surface area contributed by atoms with Crippen molar-refractivity contribution in [3.8, 4) is 16.9 Å². The highest BCUT2D eigenvalue weighted by Crippen LogP contribution is 2.32. The van der Waals surface area contributed by atoms with Crippen molar-refractivity contribution in [1.29, 1.82) is 0 Å². The monoisotopic (exact) mass is 508 g/mol. The van der Waals surface area contributed by atoms with Crippen LogP contribution in [0.2, 0.25) is 0 Å². The minimum Gasteiger partial charge on any atom is -0.406 e. The summed E-state index contributed by atoms with van der Waals surface area (Å²) in [4.78, 5) is 0.211. The molecule has 3 aromatic rings. The standard InChI is InChI=1S/C24H27F3N4O3S/c1-3-17-13-19(18-7-10-22(11-8-18)34-24(25,26)27)9-12-23(17)35(32,33)30-20-5-4-6-21(14-20)31-15-28-29-16(31)2/h7-13,15,20-21,30H,3-6,14H2,1-2H3. The first-order valence-corrected chi connectivity index (χ1v) is 12.9. The average molecular weight is 509 g/mol. The number of aryl methyl sites for hydroxylation is 2. The van der Waals surface area contributed by atoms with Crippen molar-refractivity contribution in [1.82, 2.24) is 19.5 Å². The number of ether oxygens (including phenoxy) is 1. The molecule has 35 heavy (non-hydrogen) atoms. The number of aromatic nitrogens is 3. The largest absolute Gasteiger partial charge is 0.573 e. The first-order valence-electron chi connectivity index (χ1n) is 11.4. The number of hydrogen-bond acceptors (Lipinski definition) is 5. The first-order chi connectivity index (χ1) is 16.6. The molecular weight excluding hydrogens is 481 g/mol. The van der Waals surface area contributed by atoms with Crippen molar-refractivity contribution in [2.24, 2.45) is 0 Å². The van der Waals surface area contributed by atoms with Gasteiger partial charge >= 0.3 is 6.36 Å². The summed E-state index contributed by atoms with van der Waals surface area (Å²) in [6.45, 7) is 3.75. The summed E-state index contributed by atoms with van der Waals surface area (Å²) in [5, 5.41) is 7.97. The smallest absolute Gasteiger partial charge is 0.406 e. The second kappa shape index (κ2) is 9.98. The number of alkyl halides is 3. The molecule has 0 radical (unpaired) electrons. The fraction of sp³-hybridized carbons (Fsp3) is 0.417. The summed E-state index contributed by atoms with van der Waals surface area (Å²) in [6.07, 6.45) is 0.653. The van der Waals surface area contributed by atoms with Gasteiger partial charge in [-0.3, -0.25) is 0 Å². The molecule has 2 atom stereocenters. The lowest BCUT2D eigenvalue weighted by Gasteiger charge is -2.30. The Morgan fingerprint density at radius 1 is 1.11 bits per heavy atom. The molecule has 188 valence electrons. The first kappa shape index (κ1) is 25.2. The van der Waals surface area contributed by atoms with Gasteiger partial charge in [0.25, 0.3) is 0 Å². The van der Waals surface area contributed by atoms with E-state index >= 15 is 0 Å². The van der Waals surface area contributed by atoms with E-state index in [2.05, 4.69) is 19.7 Å². The van der Waals surface area contributed by atoms with E-state index in [0.717, 1.165) is 25.1 Å². The van der Waals surface area contributed by atoms with Crippen molar-refractivity contribution in [3.05, 3.63) is 60.2 Å². The molecule has 4 rings (SSSR count). The van der Waals surface area contributed by atoms with E-state index in [-0.39, 0.29) is 22.7 Å². The molecule has 1 heterocycles. The maximum atomic E-state index is 13.3. The van der Waals surface area contributed by atoms with Gasteiger partial charge in [-0.2, -0.15) is 0 Å². The van der Waals surface area contributed by atoms with Crippen molar-refractivity contribution >= 4 is 10.0 Å². The molecule has 1 fully saturated rings. The second-order valence-electron chi connectivity index (χ2n) is 8.67. The Kier molecular flexibility index (Phi) is 7.18. The summed E-state index contributed by atoms with van der Waals surface area (Å²) in [6, 6.07) is 10.4. The van der Waals surface area contributed by atoms with Gasteiger partial charge in [-0.15, -0.1) is 23.4 Å². The van der Waals surface area contributed by atoms with Crippen LogP contribution in [0.1, 0.15) is 50.0 Å². The highest BCUT2D eigenvalue weighted by molar-refractivity contribution is 7.89. The van der Waals surface area contributed by atoms with Crippen LogP contribution in [0.15, 0.2) is 53.7 Å². The lowest BCUT2D eigenvalue weighted by molar-refractivity contribution is -0.274. The number of halogens is 3. The lowest BCUT2D eigenvalue weighted by atomic mass is 9.91. The molecular formula is C24H27F3N4O3S. The Balaban J connectivity index is 1.51. The number of hydrogen-bond donors (Lipinski definition) is 1. The SMILES string of the molecule is CCc1cc(-c2ccc(OC(F)(F)F)cc2)ccc1S(=O)(=O)NC1CCCC(n2cnnc2C)C1. The van der Waals surface area contributed by atoms with Gasteiger partial charge < -0.3 is 9.30 Å². The Morgan fingerprint density at radius 2 is 1.83 bits per heavy atom. The highest BCUT2D eigenvalue weighted by atomic mass is 32.2. The molecule has 0 aliphatic heterocycles. The Hall–Kier alpha value is -2.92. The molecule has 1 N–H and O–H groups in total. The van der Waals surface area contributed by atoms with E-state index in [1.54, 1.807) is 24.5 Å². The van der Waals surface area contributed by atoms with Crippen LogP contribution in [-0.4, -0.2) is 35.6 Å². The zero-order valence-electron chi connectivity index (χ0n) is 19.4. The molecule has 11 heteroatoms. The molecule has 0 bridgehead atoms. The fourth-order valence-electron chi connectivity index (χ4n) is 4.61. The van der Waals surface area contributed by atoms with Crippen LogP contribution >= 0.6 is 0 Å². The fourth-order valence-corrected chi connectivity index (χ4v) is 6.19. The zero-order valence-corrected chi connectivity index (χ0v) is 20.2. The van der Waals surface area contributed by atoms with Crippen molar-refractivity contribution in [2.45, 2.75) is 69.3 Å². The van der Waals surface area contributed by atoms with Gasteiger partial charge in [0.2, 0.25) is 10.0 Å². The molecule has 2 aromatic carbocycles. The normalized spacial score (nSPS) is 19.0. The minimum absolute atomic E-state index is 0.142. The molecule has 1 aromatic heterocycles. The molecule has 1 aliphatic carbocycles. The molecule has 7 nitrogen and oxygen atoms in total. The van der Waals surface area contributed by atoms with E-state index in [1.165, 1.54) is 24.3 Å². The van der Waals surface area contributed by atoms with E-state index in [1.807, 2.05) is 18.4 Å². The van der Waals surface area contributed by atoms with Gasteiger partial charge in [-0.25, -0.2) is 13.1 Å². The summed E-state index contributed by atoms with van der Waals surface area (Å²) in [5.74, 6) is 0.494. The van der Waals surface area contributed by atoms with Gasteiger partial charge in [0, 0.05) is 12.1 Å². The highest BCUT2D eigenvalue weighted by Gasteiger charge is 2.31. The average Bonchev–Trinajstić information content (AvgIpc) is 3.24. The van der Waals surface area contributed by atoms with Gasteiger partial charge in [-0.05, 0) is 80.0 Å². The topological polar surface area (TPSA) is 86.1 Å². The minimum atomic E-state index is -4.76. The van der Waals surface area contributed by atoms with Crippen molar-refractivity contribution in [2.75, 3.05) is 0 Å². The Morgan fingerprint density at radius 3 is 2.46 bits per heavy atom. The van der Waals surface area contributed by atoms with Crippen LogP contribution in [-0.2, 0) is 16.4 Å². The molecule has 0 spiro atoms. The third-order valence-corrected chi connectivity index (χ3v) is 7.89. The molecule has 0 amide bonds. The molecule has 0 saturated heterocycles. The predicted octanol–water partition coefficient (Wildman–Crippen LogP) is 5.18. The third kappa shape index (κ3) is 6.02. The van der Waals surface area contributed by atoms with Crippen molar-refractivity contribution in [3.63, 3.8) is 0 Å². The summed E-state index contributed by atoms with van der Waals surface area (Å²) in [5.41, 5.74) is 2.00. The van der Waals surface area contributed by atoms with E-state index in [9.17, 15) is 21.6 Å². The third-order valence-electron chi connectivity index (χ3n) is 6.27. The van der Waals surface area contributed by atoms with Crippen molar-refractivity contribution < 1.29 is 26.3 Å². The zero-order chi connectivity index (χ0) is 25.2. The van der Waals surface area contributed by atoms with Crippen LogP contribution in [0.5, 0.6) is 5.75 Å². The van der Waals surface area contributed by atoms with Crippen LogP contribution in [0, 0.1) is 6.92 Å². The van der Waals surface area contributed by atoms with Crippen LogP contribution in [0.25, 0.3) is 11.1 Å². The second-order valence-corrected chi connectivity index (χ2v) is 10.4. The maximum absolute atomic E-state index is 13.3. The molecule has 1 saturated carbocycles. The van der Waals surface area contributed by atoms with E-state index < -0.39 is 16.4 Å². The number of benzene rings is 2. The number of nitrogens with zero attached hydrogens (tertiary/aromatic N) is 3. The quantitative estimate of drug-likeness (QED) is 0.476. The van der Waals surface area contributed by atoms with E-state index in [0.29, 0.717) is 29.5 Å². The van der Waals surface area contributed by atoms with Crippen LogP contribution < -0.4 is 9.46 Å². The van der Waals surface area contributed by atoms with Crippen LogP contribution in [0.4, 0.5) is 13.2 Å². The maximum Gasteiger partial charge on any atom is 0.573 e. The molecule has 1 aliphatic rings. The van der Waals surface area contributed by atoms with E-state index in [4.69, 9.17) is 0 Å². The summed E-state index contributed by atoms with van der Waals surface area (Å²) < 4.78 is 72.6.